The summed E-state index contributed by atoms with van der Waals surface area (Å²) in [5, 5.41) is 23.8. The summed E-state index contributed by atoms with van der Waals surface area (Å²) in [6.07, 6.45) is -0.838. The van der Waals surface area contributed by atoms with E-state index in [2.05, 4.69) is 5.73 Å². The molecular weight excluding hydrogens is 222 g/mol. The highest BCUT2D eigenvalue weighted by Gasteiger charge is 2.00. The second-order valence-electron chi connectivity index (χ2n) is 2.65. The summed E-state index contributed by atoms with van der Waals surface area (Å²) < 4.78 is 0. The zero-order chi connectivity index (χ0) is 13.1. The molecule has 0 heterocycles. The average Bonchev–Trinajstić information content (AvgIpc) is 2.12. The van der Waals surface area contributed by atoms with Gasteiger partial charge in [0.05, 0.1) is 19.3 Å². The topological polar surface area (TPSA) is 155 Å². The van der Waals surface area contributed by atoms with E-state index in [0.29, 0.717) is 0 Å². The minimum atomic E-state index is -1.08. The van der Waals surface area contributed by atoms with Crippen LogP contribution in [0.3, 0.4) is 0 Å². The van der Waals surface area contributed by atoms with Gasteiger partial charge in [-0.1, -0.05) is 0 Å². The van der Waals surface area contributed by atoms with E-state index in [1.165, 1.54) is 0 Å². The zero-order valence-electron chi connectivity index (χ0n) is 8.38. The Morgan fingerprint density at radius 3 is 1.06 bits per heavy atom. The van der Waals surface area contributed by atoms with E-state index in [1.807, 2.05) is 0 Å². The van der Waals surface area contributed by atoms with Crippen LogP contribution in [0.25, 0.3) is 0 Å². The number of hydrogen-bond donors (Lipinski definition) is 4. The summed E-state index contributed by atoms with van der Waals surface area (Å²) in [4.78, 5) is 38.8. The van der Waals surface area contributed by atoms with Crippen molar-refractivity contribution in [2.24, 2.45) is 5.73 Å². The molecule has 0 aromatic carbocycles. The number of amides is 1. The van der Waals surface area contributed by atoms with Crippen molar-refractivity contribution in [3.63, 3.8) is 0 Å². The molecule has 0 aromatic heterocycles. The third-order valence-electron chi connectivity index (χ3n) is 1.14. The lowest BCUT2D eigenvalue weighted by atomic mass is 10.3. The lowest BCUT2D eigenvalue weighted by Gasteiger charge is -1.86. The second-order valence-corrected chi connectivity index (χ2v) is 2.65. The third kappa shape index (κ3) is 22.6. The molecule has 8 heteroatoms. The Kier molecular flexibility index (Phi) is 9.62. The van der Waals surface area contributed by atoms with E-state index in [0.717, 1.165) is 0 Å². The summed E-state index contributed by atoms with van der Waals surface area (Å²) in [5.74, 6) is -3.73. The fourth-order valence-corrected chi connectivity index (χ4v) is 0.444. The summed E-state index contributed by atoms with van der Waals surface area (Å²) in [7, 11) is 0. The van der Waals surface area contributed by atoms with Crippen LogP contribution in [-0.2, 0) is 19.2 Å². The molecule has 1 amide bonds. The van der Waals surface area contributed by atoms with Gasteiger partial charge in [0.1, 0.15) is 0 Å². The number of carbonyl (C=O) groups excluding carboxylic acids is 1. The van der Waals surface area contributed by atoms with Gasteiger partial charge in [0.25, 0.3) is 0 Å². The molecule has 0 bridgehead atoms. The Bertz CT molecular complexity index is 218. The van der Waals surface area contributed by atoms with E-state index in [9.17, 15) is 19.2 Å². The molecule has 0 aromatic rings. The second kappa shape index (κ2) is 9.44. The van der Waals surface area contributed by atoms with E-state index in [1.54, 1.807) is 0 Å². The van der Waals surface area contributed by atoms with E-state index < -0.39 is 23.8 Å². The monoisotopic (exact) mass is 235 g/mol. The van der Waals surface area contributed by atoms with Gasteiger partial charge in [-0.05, 0) is 0 Å². The van der Waals surface area contributed by atoms with Crippen molar-refractivity contribution in [1.29, 1.82) is 0 Å². The van der Waals surface area contributed by atoms with Crippen molar-refractivity contribution in [2.45, 2.75) is 25.7 Å². The predicted octanol–water partition coefficient (Wildman–Crippen LogP) is -0.728. The first-order valence-corrected chi connectivity index (χ1v) is 4.19. The van der Waals surface area contributed by atoms with Gasteiger partial charge in [-0.15, -0.1) is 0 Å². The number of nitrogens with two attached hydrogens (primary N) is 1. The fourth-order valence-electron chi connectivity index (χ4n) is 0.444. The summed E-state index contributed by atoms with van der Waals surface area (Å²) >= 11 is 0. The maximum atomic E-state index is 9.86. The van der Waals surface area contributed by atoms with E-state index >= 15 is 0 Å². The van der Waals surface area contributed by atoms with Crippen LogP contribution in [0.15, 0.2) is 0 Å². The smallest absolute Gasteiger partial charge is 0.303 e. The number of carboxylic acids is 3. The lowest BCUT2D eigenvalue weighted by molar-refractivity contribution is -0.143. The van der Waals surface area contributed by atoms with E-state index in [-0.39, 0.29) is 25.7 Å². The van der Waals surface area contributed by atoms with Crippen molar-refractivity contribution in [2.75, 3.05) is 0 Å². The summed E-state index contributed by atoms with van der Waals surface area (Å²) in [6.45, 7) is 0. The van der Waals surface area contributed by atoms with Crippen LogP contribution < -0.4 is 5.73 Å². The molecule has 0 saturated carbocycles. The van der Waals surface area contributed by atoms with Crippen molar-refractivity contribution in [3.05, 3.63) is 0 Å². The number of rotatable bonds is 6. The van der Waals surface area contributed by atoms with Gasteiger partial charge in [0.2, 0.25) is 5.91 Å². The largest absolute Gasteiger partial charge is 0.481 e. The van der Waals surface area contributed by atoms with E-state index in [4.69, 9.17) is 15.3 Å². The first-order chi connectivity index (χ1) is 7.25. The predicted molar refractivity (Wildman–Crippen MR) is 50.6 cm³/mol. The van der Waals surface area contributed by atoms with Gasteiger partial charge in [0.15, 0.2) is 0 Å². The molecule has 0 fully saturated rings. The number of carboxylic acid groups (broad SMARTS) is 3. The van der Waals surface area contributed by atoms with Gasteiger partial charge >= 0.3 is 17.9 Å². The first kappa shape index (κ1) is 16.3. The molecule has 0 saturated heterocycles. The Hall–Kier alpha value is -2.12. The number of carbonyl (C=O) groups is 4. The SMILES string of the molecule is NC(=O)CCC(=O)O.O=C(O)CCC(=O)O. The highest BCUT2D eigenvalue weighted by molar-refractivity contribution is 5.79. The van der Waals surface area contributed by atoms with Gasteiger partial charge < -0.3 is 21.1 Å². The minimum Gasteiger partial charge on any atom is -0.481 e. The van der Waals surface area contributed by atoms with Crippen LogP contribution in [0.1, 0.15) is 25.7 Å². The quantitative estimate of drug-likeness (QED) is 0.473. The van der Waals surface area contributed by atoms with Gasteiger partial charge in [-0.25, -0.2) is 0 Å². The molecule has 0 unspecified atom stereocenters. The lowest BCUT2D eigenvalue weighted by Crippen LogP contribution is -2.12. The first-order valence-electron chi connectivity index (χ1n) is 4.19. The third-order valence-corrected chi connectivity index (χ3v) is 1.14. The molecule has 92 valence electrons. The van der Waals surface area contributed by atoms with Gasteiger partial charge in [0, 0.05) is 6.42 Å². The van der Waals surface area contributed by atoms with Crippen LogP contribution in [0.4, 0.5) is 0 Å². The highest BCUT2D eigenvalue weighted by atomic mass is 16.4. The van der Waals surface area contributed by atoms with Crippen molar-refractivity contribution in [3.8, 4) is 0 Å². The number of hydrogen-bond acceptors (Lipinski definition) is 4. The van der Waals surface area contributed by atoms with Crippen molar-refractivity contribution < 1.29 is 34.5 Å². The maximum absolute atomic E-state index is 9.86. The Morgan fingerprint density at radius 2 is 0.938 bits per heavy atom. The molecule has 0 radical (unpaired) electrons. The molecule has 0 aliphatic rings. The molecule has 0 aliphatic heterocycles. The molecule has 5 N–H and O–H groups in total. The average molecular weight is 235 g/mol. The minimum absolute atomic E-state index is 0.0741. The molecule has 0 rings (SSSR count). The number of aliphatic carboxylic acids is 3. The molecule has 0 atom stereocenters. The van der Waals surface area contributed by atoms with Gasteiger partial charge in [-0.2, -0.15) is 0 Å². The van der Waals surface area contributed by atoms with Crippen LogP contribution in [0, 0.1) is 0 Å². The van der Waals surface area contributed by atoms with Crippen LogP contribution >= 0.6 is 0 Å². The fraction of sp³-hybridized carbons (Fsp3) is 0.500. The molecule has 0 spiro atoms. The highest BCUT2D eigenvalue weighted by Crippen LogP contribution is 1.86. The maximum Gasteiger partial charge on any atom is 0.303 e. The Morgan fingerprint density at radius 1 is 0.688 bits per heavy atom. The van der Waals surface area contributed by atoms with Crippen LogP contribution in [0.5, 0.6) is 0 Å². The Labute approximate surface area is 90.7 Å². The number of primary amides is 1. The Balaban J connectivity index is 0. The van der Waals surface area contributed by atoms with Crippen molar-refractivity contribution in [1.82, 2.24) is 0 Å². The normalized spacial score (nSPS) is 8.50. The summed E-state index contributed by atoms with van der Waals surface area (Å²) in [5.41, 5.74) is 4.64. The summed E-state index contributed by atoms with van der Waals surface area (Å²) in [6, 6.07) is 0. The van der Waals surface area contributed by atoms with Crippen LogP contribution in [-0.4, -0.2) is 39.1 Å². The van der Waals surface area contributed by atoms with Gasteiger partial charge in [-0.3, -0.25) is 19.2 Å². The van der Waals surface area contributed by atoms with Crippen molar-refractivity contribution >= 4 is 23.8 Å². The molecule has 16 heavy (non-hydrogen) atoms. The zero-order valence-corrected chi connectivity index (χ0v) is 8.38. The molecule has 0 aliphatic carbocycles. The molecule has 8 nitrogen and oxygen atoms in total. The standard InChI is InChI=1S/C4H7NO3.C4H6O4/c2*5-3(6)1-2-4(7)8/h1-2H2,(H2,5,6)(H,7,8);1-2H2,(H,5,6)(H,7,8). The molecular formula is C8H13NO7. The van der Waals surface area contributed by atoms with Crippen LogP contribution in [0.2, 0.25) is 0 Å².